The molecule has 1 aromatic carbocycles. The first-order chi connectivity index (χ1) is 17.3. The molecule has 2 aromatic heterocycles. The van der Waals surface area contributed by atoms with E-state index >= 15 is 0 Å². The Bertz CT molecular complexity index is 1360. The van der Waals surface area contributed by atoms with Crippen molar-refractivity contribution in [1.82, 2.24) is 19.9 Å². The zero-order chi connectivity index (χ0) is 25.7. The number of ether oxygens (including phenoxy) is 1. The summed E-state index contributed by atoms with van der Waals surface area (Å²) < 4.78 is 38.1. The third kappa shape index (κ3) is 5.74. The van der Waals surface area contributed by atoms with E-state index in [0.29, 0.717) is 37.6 Å². The van der Waals surface area contributed by atoms with Crippen molar-refractivity contribution in [3.8, 4) is 11.5 Å². The number of benzene rings is 1. The van der Waals surface area contributed by atoms with Crippen molar-refractivity contribution in [2.24, 2.45) is 0 Å². The van der Waals surface area contributed by atoms with Crippen molar-refractivity contribution in [3.63, 3.8) is 0 Å². The highest BCUT2D eigenvalue weighted by Gasteiger charge is 2.31. The number of carbonyl (C=O) groups is 2. The van der Waals surface area contributed by atoms with Gasteiger partial charge in [-0.1, -0.05) is 12.1 Å². The van der Waals surface area contributed by atoms with Crippen LogP contribution >= 0.6 is 0 Å². The summed E-state index contributed by atoms with van der Waals surface area (Å²) in [5.74, 6) is 0.609. The van der Waals surface area contributed by atoms with Gasteiger partial charge in [0.25, 0.3) is 21.8 Å². The molecule has 0 saturated carbocycles. The van der Waals surface area contributed by atoms with Crippen molar-refractivity contribution in [2.45, 2.75) is 31.3 Å². The number of aromatic nitrogens is 1. The van der Waals surface area contributed by atoms with E-state index in [4.69, 9.17) is 9.15 Å². The number of hydrogen-bond donors (Lipinski definition) is 2. The van der Waals surface area contributed by atoms with Crippen LogP contribution in [0.4, 0.5) is 0 Å². The van der Waals surface area contributed by atoms with Crippen LogP contribution in [0.5, 0.6) is 11.5 Å². The lowest BCUT2D eigenvalue weighted by molar-refractivity contribution is 0.0946. The second-order valence-corrected chi connectivity index (χ2v) is 10.2. The van der Waals surface area contributed by atoms with Gasteiger partial charge in [-0.3, -0.25) is 14.6 Å². The summed E-state index contributed by atoms with van der Waals surface area (Å²) in [5.41, 5.74) is 1.38. The minimum absolute atomic E-state index is 0.201. The SMILES string of the molecule is CNC(=O)c1cc(Oc2cccc(CCNC(=O)c3cc(S(=O)(=O)N4CCCC4)oc3C)c2)ccn1. The molecular formula is C25H28N4O6S. The summed E-state index contributed by atoms with van der Waals surface area (Å²) in [4.78, 5) is 28.5. The Hall–Kier alpha value is -3.70. The van der Waals surface area contributed by atoms with Crippen molar-refractivity contribution in [3.05, 3.63) is 71.2 Å². The molecule has 0 unspecified atom stereocenters. The monoisotopic (exact) mass is 512 g/mol. The number of nitrogens with one attached hydrogen (secondary N) is 2. The van der Waals surface area contributed by atoms with Crippen molar-refractivity contribution in [1.29, 1.82) is 0 Å². The predicted octanol–water partition coefficient (Wildman–Crippen LogP) is 2.89. The first kappa shape index (κ1) is 25.4. The molecule has 4 rings (SSSR count). The van der Waals surface area contributed by atoms with Gasteiger partial charge in [0, 0.05) is 45.0 Å². The van der Waals surface area contributed by atoms with Gasteiger partial charge in [-0.15, -0.1) is 0 Å². The van der Waals surface area contributed by atoms with Gasteiger partial charge in [0.15, 0.2) is 0 Å². The van der Waals surface area contributed by atoms with E-state index < -0.39 is 15.9 Å². The standard InChI is InChI=1S/C25H28N4O6S/c1-17-21(16-23(34-17)36(32,33)29-12-3-4-13-29)24(30)28-10-8-18-6-5-7-19(14-18)35-20-9-11-27-22(15-20)25(31)26-2/h5-7,9,11,14-16H,3-4,8,10,12-13H2,1-2H3,(H,26,31)(H,28,30). The lowest BCUT2D eigenvalue weighted by Gasteiger charge is -2.12. The van der Waals surface area contributed by atoms with Crippen LogP contribution < -0.4 is 15.4 Å². The molecule has 2 amide bonds. The average molecular weight is 513 g/mol. The second-order valence-electron chi connectivity index (χ2n) is 8.36. The lowest BCUT2D eigenvalue weighted by atomic mass is 10.1. The van der Waals surface area contributed by atoms with Crippen LogP contribution in [0.15, 0.2) is 58.2 Å². The van der Waals surface area contributed by atoms with E-state index in [1.165, 1.54) is 23.6 Å². The number of amides is 2. The molecule has 0 radical (unpaired) electrons. The van der Waals surface area contributed by atoms with Gasteiger partial charge in [-0.2, -0.15) is 4.31 Å². The largest absolute Gasteiger partial charge is 0.457 e. The number of furan rings is 1. The Morgan fingerprint density at radius 3 is 2.58 bits per heavy atom. The van der Waals surface area contributed by atoms with Crippen LogP contribution in [-0.2, 0) is 16.4 Å². The summed E-state index contributed by atoms with van der Waals surface area (Å²) >= 11 is 0. The molecule has 2 N–H and O–H groups in total. The zero-order valence-corrected chi connectivity index (χ0v) is 20.9. The molecule has 36 heavy (non-hydrogen) atoms. The van der Waals surface area contributed by atoms with Gasteiger partial charge in [0.1, 0.15) is 23.0 Å². The summed E-state index contributed by atoms with van der Waals surface area (Å²) in [6.07, 6.45) is 3.66. The Morgan fingerprint density at radius 1 is 1.08 bits per heavy atom. The summed E-state index contributed by atoms with van der Waals surface area (Å²) in [5, 5.41) is 5.14. The Kier molecular flexibility index (Phi) is 7.70. The smallest absolute Gasteiger partial charge is 0.276 e. The molecule has 190 valence electrons. The average Bonchev–Trinajstić information content (AvgIpc) is 3.55. The molecule has 10 nitrogen and oxygen atoms in total. The number of carbonyl (C=O) groups excluding carboxylic acids is 2. The van der Waals surface area contributed by atoms with E-state index in [-0.39, 0.29) is 28.0 Å². The molecule has 0 spiro atoms. The molecule has 0 bridgehead atoms. The molecular weight excluding hydrogens is 484 g/mol. The fourth-order valence-electron chi connectivity index (χ4n) is 3.91. The van der Waals surface area contributed by atoms with Crippen molar-refractivity contribution >= 4 is 21.8 Å². The van der Waals surface area contributed by atoms with E-state index in [1.54, 1.807) is 25.1 Å². The molecule has 3 aromatic rings. The maximum absolute atomic E-state index is 12.7. The highest BCUT2D eigenvalue weighted by atomic mass is 32.2. The van der Waals surface area contributed by atoms with Gasteiger partial charge < -0.3 is 19.8 Å². The van der Waals surface area contributed by atoms with Crippen LogP contribution in [0, 0.1) is 6.92 Å². The molecule has 1 saturated heterocycles. The fraction of sp³-hybridized carbons (Fsp3) is 0.320. The number of sulfonamides is 1. The molecule has 1 aliphatic rings. The number of aryl methyl sites for hydroxylation is 1. The molecule has 1 fully saturated rings. The predicted molar refractivity (Wildman–Crippen MR) is 132 cm³/mol. The first-order valence-corrected chi connectivity index (χ1v) is 13.1. The highest BCUT2D eigenvalue weighted by molar-refractivity contribution is 7.89. The number of hydrogen-bond acceptors (Lipinski definition) is 7. The van der Waals surface area contributed by atoms with Crippen LogP contribution in [-0.4, -0.2) is 56.2 Å². The Morgan fingerprint density at radius 2 is 1.83 bits per heavy atom. The molecule has 3 heterocycles. The van der Waals surface area contributed by atoms with E-state index in [9.17, 15) is 18.0 Å². The van der Waals surface area contributed by atoms with Gasteiger partial charge in [-0.25, -0.2) is 8.42 Å². The van der Waals surface area contributed by atoms with Crippen LogP contribution in [0.25, 0.3) is 0 Å². The third-order valence-electron chi connectivity index (χ3n) is 5.82. The number of pyridine rings is 1. The van der Waals surface area contributed by atoms with E-state index in [1.807, 2.05) is 18.2 Å². The maximum atomic E-state index is 12.7. The van der Waals surface area contributed by atoms with Crippen LogP contribution in [0.1, 0.15) is 45.0 Å². The highest BCUT2D eigenvalue weighted by Crippen LogP contribution is 2.26. The fourth-order valence-corrected chi connectivity index (χ4v) is 5.40. The van der Waals surface area contributed by atoms with E-state index in [2.05, 4.69) is 15.6 Å². The number of nitrogens with zero attached hydrogens (tertiary/aromatic N) is 2. The van der Waals surface area contributed by atoms with Crippen LogP contribution in [0.2, 0.25) is 0 Å². The summed E-state index contributed by atoms with van der Waals surface area (Å²) in [6.45, 7) is 2.83. The Balaban J connectivity index is 1.35. The minimum Gasteiger partial charge on any atom is -0.457 e. The van der Waals surface area contributed by atoms with Crippen molar-refractivity contribution < 1.29 is 27.2 Å². The van der Waals surface area contributed by atoms with Gasteiger partial charge in [-0.05, 0) is 49.9 Å². The van der Waals surface area contributed by atoms with Crippen molar-refractivity contribution in [2.75, 3.05) is 26.7 Å². The summed E-state index contributed by atoms with van der Waals surface area (Å²) in [7, 11) is -2.20. The number of rotatable bonds is 9. The summed E-state index contributed by atoms with van der Waals surface area (Å²) in [6, 6.07) is 11.9. The third-order valence-corrected chi connectivity index (χ3v) is 7.58. The quantitative estimate of drug-likeness (QED) is 0.451. The molecule has 1 aliphatic heterocycles. The zero-order valence-electron chi connectivity index (χ0n) is 20.1. The lowest BCUT2D eigenvalue weighted by Crippen LogP contribution is -2.27. The minimum atomic E-state index is -3.73. The molecule has 11 heteroatoms. The van der Waals surface area contributed by atoms with Gasteiger partial charge in [0.2, 0.25) is 5.09 Å². The topological polar surface area (TPSA) is 131 Å². The van der Waals surface area contributed by atoms with Gasteiger partial charge >= 0.3 is 0 Å². The van der Waals surface area contributed by atoms with E-state index in [0.717, 1.165) is 18.4 Å². The molecule has 0 atom stereocenters. The normalized spacial score (nSPS) is 13.9. The maximum Gasteiger partial charge on any atom is 0.276 e. The van der Waals surface area contributed by atoms with Gasteiger partial charge in [0.05, 0.1) is 5.56 Å². The molecule has 0 aliphatic carbocycles. The first-order valence-electron chi connectivity index (χ1n) is 11.6. The Labute approximate surface area is 209 Å². The second kappa shape index (κ2) is 10.9. The van der Waals surface area contributed by atoms with Crippen LogP contribution in [0.3, 0.4) is 0 Å².